The van der Waals surface area contributed by atoms with Gasteiger partial charge in [-0.05, 0) is 43.3 Å². The summed E-state index contributed by atoms with van der Waals surface area (Å²) >= 11 is 5.86. The van der Waals surface area contributed by atoms with Gasteiger partial charge in [-0.25, -0.2) is 13.1 Å². The molecular formula is C19H21ClN2O5S. The van der Waals surface area contributed by atoms with Crippen molar-refractivity contribution in [2.24, 2.45) is 0 Å². The largest absolute Gasteiger partial charge is 0.492 e. The van der Waals surface area contributed by atoms with Crippen LogP contribution in [0.2, 0.25) is 5.02 Å². The monoisotopic (exact) mass is 424 g/mol. The second kappa shape index (κ2) is 7.44. The highest BCUT2D eigenvalue weighted by molar-refractivity contribution is 7.89. The summed E-state index contributed by atoms with van der Waals surface area (Å²) in [6, 6.07) is 6.06. The Kier molecular flexibility index (Phi) is 5.13. The fourth-order valence-electron chi connectivity index (χ4n) is 3.65. The van der Waals surface area contributed by atoms with Gasteiger partial charge in [-0.3, -0.25) is 0 Å². The molecule has 2 aliphatic rings. The molecule has 1 N–H and O–H groups in total. The first-order valence-electron chi connectivity index (χ1n) is 8.84. The van der Waals surface area contributed by atoms with E-state index in [0.29, 0.717) is 28.8 Å². The molecule has 0 saturated heterocycles. The summed E-state index contributed by atoms with van der Waals surface area (Å²) in [5, 5.41) is 0.482. The molecule has 2 aromatic carbocycles. The van der Waals surface area contributed by atoms with Crippen LogP contribution < -0.4 is 18.9 Å². The first kappa shape index (κ1) is 19.3. The van der Waals surface area contributed by atoms with Crippen molar-refractivity contribution in [3.8, 4) is 17.2 Å². The highest BCUT2D eigenvalue weighted by Gasteiger charge is 2.32. The van der Waals surface area contributed by atoms with E-state index in [-0.39, 0.29) is 18.2 Å². The number of hydrogen-bond acceptors (Lipinski definition) is 6. The van der Waals surface area contributed by atoms with Crippen LogP contribution in [-0.2, 0) is 29.5 Å². The molecule has 0 amide bonds. The molecule has 0 bridgehead atoms. The summed E-state index contributed by atoms with van der Waals surface area (Å²) < 4.78 is 45.0. The fraction of sp³-hybridized carbons (Fsp3) is 0.368. The minimum atomic E-state index is -3.69. The van der Waals surface area contributed by atoms with Crippen molar-refractivity contribution < 1.29 is 22.6 Å². The van der Waals surface area contributed by atoms with Crippen molar-refractivity contribution in [1.29, 1.82) is 0 Å². The minimum absolute atomic E-state index is 0.0847. The predicted molar refractivity (Wildman–Crippen MR) is 105 cm³/mol. The zero-order chi connectivity index (χ0) is 19.9. The fourth-order valence-corrected chi connectivity index (χ4v) is 4.77. The molecule has 28 heavy (non-hydrogen) atoms. The van der Waals surface area contributed by atoms with Gasteiger partial charge in [0, 0.05) is 35.8 Å². The smallest absolute Gasteiger partial charge is 0.240 e. The van der Waals surface area contributed by atoms with E-state index in [9.17, 15) is 8.42 Å². The van der Waals surface area contributed by atoms with Crippen LogP contribution in [-0.4, -0.2) is 40.8 Å². The van der Waals surface area contributed by atoms with Crippen molar-refractivity contribution in [3.63, 3.8) is 0 Å². The Labute approximate surface area is 169 Å². The van der Waals surface area contributed by atoms with E-state index in [1.165, 1.54) is 12.1 Å². The number of ether oxygens (including phenoxy) is 3. The van der Waals surface area contributed by atoms with Gasteiger partial charge in [0.2, 0.25) is 22.6 Å². The summed E-state index contributed by atoms with van der Waals surface area (Å²) in [5.41, 5.74) is 2.87. The second-order valence-electron chi connectivity index (χ2n) is 6.80. The minimum Gasteiger partial charge on any atom is -0.492 e. The average molecular weight is 425 g/mol. The van der Waals surface area contributed by atoms with E-state index in [4.69, 9.17) is 25.8 Å². The van der Waals surface area contributed by atoms with Gasteiger partial charge in [-0.2, -0.15) is 0 Å². The van der Waals surface area contributed by atoms with Crippen molar-refractivity contribution >= 4 is 21.6 Å². The van der Waals surface area contributed by atoms with Gasteiger partial charge < -0.3 is 19.1 Å². The zero-order valence-electron chi connectivity index (χ0n) is 15.6. The Morgan fingerprint density at radius 1 is 1.18 bits per heavy atom. The van der Waals surface area contributed by atoms with Crippen LogP contribution >= 0.6 is 11.6 Å². The van der Waals surface area contributed by atoms with Gasteiger partial charge >= 0.3 is 0 Å². The Morgan fingerprint density at radius 3 is 2.61 bits per heavy atom. The third kappa shape index (κ3) is 3.41. The van der Waals surface area contributed by atoms with E-state index < -0.39 is 10.0 Å². The normalized spacial score (nSPS) is 16.1. The number of sulfonamides is 1. The molecule has 2 aliphatic heterocycles. The Bertz CT molecular complexity index is 1010. The third-order valence-electron chi connectivity index (χ3n) is 5.03. The molecule has 0 spiro atoms. The van der Waals surface area contributed by atoms with Gasteiger partial charge in [0.25, 0.3) is 0 Å². The molecule has 2 heterocycles. The van der Waals surface area contributed by atoms with Crippen molar-refractivity contribution in [1.82, 2.24) is 9.62 Å². The SMILES string of the molecule is COc1c2c(c(CNS(=O)(=O)c3ccc(Cl)cc3)c3c1OCO3)CCN(C)C2. The van der Waals surface area contributed by atoms with Crippen LogP contribution in [0.1, 0.15) is 16.7 Å². The van der Waals surface area contributed by atoms with Crippen LogP contribution in [0.5, 0.6) is 17.2 Å². The Balaban J connectivity index is 1.71. The van der Waals surface area contributed by atoms with Crippen molar-refractivity contribution in [3.05, 3.63) is 46.0 Å². The van der Waals surface area contributed by atoms with E-state index in [2.05, 4.69) is 9.62 Å². The maximum absolute atomic E-state index is 12.7. The van der Waals surface area contributed by atoms with Crippen LogP contribution in [0.3, 0.4) is 0 Å². The van der Waals surface area contributed by atoms with E-state index in [0.717, 1.165) is 29.7 Å². The topological polar surface area (TPSA) is 77.1 Å². The van der Waals surface area contributed by atoms with Crippen LogP contribution in [0, 0.1) is 0 Å². The highest BCUT2D eigenvalue weighted by Crippen LogP contribution is 2.49. The number of benzene rings is 2. The molecule has 9 heteroatoms. The van der Waals surface area contributed by atoms with Crippen LogP contribution in [0.25, 0.3) is 0 Å². The number of nitrogens with zero attached hydrogens (tertiary/aromatic N) is 1. The van der Waals surface area contributed by atoms with Gasteiger partial charge in [-0.15, -0.1) is 0 Å². The lowest BCUT2D eigenvalue weighted by Crippen LogP contribution is -2.30. The van der Waals surface area contributed by atoms with Gasteiger partial charge in [0.1, 0.15) is 0 Å². The molecule has 7 nitrogen and oxygen atoms in total. The first-order chi connectivity index (χ1) is 13.4. The zero-order valence-corrected chi connectivity index (χ0v) is 17.2. The quantitative estimate of drug-likeness (QED) is 0.794. The number of nitrogens with one attached hydrogen (secondary N) is 1. The van der Waals surface area contributed by atoms with E-state index in [1.54, 1.807) is 19.2 Å². The number of methoxy groups -OCH3 is 1. The number of fused-ring (bicyclic) bond motifs is 2. The molecule has 0 aliphatic carbocycles. The molecule has 0 atom stereocenters. The second-order valence-corrected chi connectivity index (χ2v) is 9.00. The lowest BCUT2D eigenvalue weighted by atomic mass is 9.92. The third-order valence-corrected chi connectivity index (χ3v) is 6.70. The first-order valence-corrected chi connectivity index (χ1v) is 10.7. The average Bonchev–Trinajstić information content (AvgIpc) is 3.14. The van der Waals surface area contributed by atoms with E-state index >= 15 is 0 Å². The molecule has 0 fully saturated rings. The maximum atomic E-state index is 12.7. The van der Waals surface area contributed by atoms with Gasteiger partial charge in [-0.1, -0.05) is 11.6 Å². The summed E-state index contributed by atoms with van der Waals surface area (Å²) in [4.78, 5) is 2.35. The predicted octanol–water partition coefficient (Wildman–Crippen LogP) is 2.54. The number of hydrogen-bond donors (Lipinski definition) is 1. The maximum Gasteiger partial charge on any atom is 0.240 e. The number of likely N-dealkylation sites (N-methyl/N-ethyl adjacent to an activating group) is 1. The number of rotatable bonds is 5. The molecule has 0 unspecified atom stereocenters. The van der Waals surface area contributed by atoms with Gasteiger partial charge in [0.15, 0.2) is 11.5 Å². The van der Waals surface area contributed by atoms with Gasteiger partial charge in [0.05, 0.1) is 12.0 Å². The molecule has 0 radical (unpaired) electrons. The summed E-state index contributed by atoms with van der Waals surface area (Å²) in [5.74, 6) is 1.76. The van der Waals surface area contributed by atoms with Crippen LogP contribution in [0.15, 0.2) is 29.2 Å². The molecule has 0 saturated carbocycles. The Hall–Kier alpha value is -2.00. The standard InChI is InChI=1S/C19H21ClN2O5S/c1-22-8-7-14-15(9-21-28(23,24)13-5-3-12(20)4-6-13)18-19(27-11-26-18)17(25-2)16(14)10-22/h3-6,21H,7-11H2,1-2H3. The summed E-state index contributed by atoms with van der Waals surface area (Å²) in [6.07, 6.45) is 0.775. The molecular weight excluding hydrogens is 404 g/mol. The summed E-state index contributed by atoms with van der Waals surface area (Å²) in [7, 11) is -0.0485. The molecule has 0 aromatic heterocycles. The van der Waals surface area contributed by atoms with Crippen LogP contribution in [0.4, 0.5) is 0 Å². The van der Waals surface area contributed by atoms with E-state index in [1.807, 2.05) is 7.05 Å². The molecule has 2 aromatic rings. The summed E-state index contributed by atoms with van der Waals surface area (Å²) in [6.45, 7) is 1.76. The molecule has 150 valence electrons. The highest BCUT2D eigenvalue weighted by atomic mass is 35.5. The number of halogens is 1. The van der Waals surface area contributed by atoms with Crippen molar-refractivity contribution in [2.45, 2.75) is 24.4 Å². The lowest BCUT2D eigenvalue weighted by molar-refractivity contribution is 0.170. The lowest BCUT2D eigenvalue weighted by Gasteiger charge is -2.29. The Morgan fingerprint density at radius 2 is 1.89 bits per heavy atom. The molecule has 4 rings (SSSR count). The van der Waals surface area contributed by atoms with Crippen molar-refractivity contribution in [2.75, 3.05) is 27.5 Å².